The Morgan fingerprint density at radius 1 is 1.32 bits per heavy atom. The van der Waals surface area contributed by atoms with E-state index < -0.39 is 10.0 Å². The van der Waals surface area contributed by atoms with E-state index in [1.807, 2.05) is 31.2 Å². The summed E-state index contributed by atoms with van der Waals surface area (Å²) >= 11 is 0. The van der Waals surface area contributed by atoms with Gasteiger partial charge in [0.2, 0.25) is 11.9 Å². The molecule has 1 heterocycles. The number of nitrogens with one attached hydrogen (secondary N) is 1. The number of para-hydroxylation sites is 1. The SMILES string of the molecule is Cc1nc(NC(N)=NS(C)(=O)=O)nc2ccccc12. The molecular formula is C11H13N5O2S. The van der Waals surface area contributed by atoms with Gasteiger partial charge in [-0.15, -0.1) is 4.40 Å². The molecule has 0 saturated heterocycles. The fraction of sp³-hybridized carbons (Fsp3) is 0.182. The van der Waals surface area contributed by atoms with Crippen LogP contribution in [0.3, 0.4) is 0 Å². The van der Waals surface area contributed by atoms with Gasteiger partial charge < -0.3 is 5.73 Å². The average Bonchev–Trinajstić information content (AvgIpc) is 2.26. The van der Waals surface area contributed by atoms with Gasteiger partial charge in [0.15, 0.2) is 0 Å². The molecule has 1 aromatic carbocycles. The summed E-state index contributed by atoms with van der Waals surface area (Å²) in [5.74, 6) is -0.0571. The molecule has 0 saturated carbocycles. The standard InChI is InChI=1S/C11H13N5O2S/c1-7-8-5-3-4-6-9(8)14-11(13-7)15-10(12)16-19(2,17)18/h3-6H,1-2H3,(H3,12,13,14,15,16). The molecule has 0 bridgehead atoms. The van der Waals surface area contributed by atoms with E-state index in [4.69, 9.17) is 5.73 Å². The molecule has 0 aliphatic rings. The van der Waals surface area contributed by atoms with Crippen LogP contribution in [0, 0.1) is 6.92 Å². The number of benzene rings is 1. The molecule has 0 atom stereocenters. The molecule has 0 aliphatic carbocycles. The average molecular weight is 279 g/mol. The van der Waals surface area contributed by atoms with Gasteiger partial charge in [0.25, 0.3) is 10.0 Å². The van der Waals surface area contributed by atoms with Gasteiger partial charge in [0.1, 0.15) is 0 Å². The topological polar surface area (TPSA) is 110 Å². The number of hydrogen-bond donors (Lipinski definition) is 2. The first-order valence-corrected chi connectivity index (χ1v) is 7.26. The van der Waals surface area contributed by atoms with Gasteiger partial charge in [0, 0.05) is 5.39 Å². The van der Waals surface area contributed by atoms with Gasteiger partial charge in [-0.25, -0.2) is 18.4 Å². The number of nitrogens with zero attached hydrogens (tertiary/aromatic N) is 3. The minimum atomic E-state index is -3.55. The normalized spacial score (nSPS) is 12.6. The van der Waals surface area contributed by atoms with E-state index in [2.05, 4.69) is 19.7 Å². The number of aromatic nitrogens is 2. The van der Waals surface area contributed by atoms with Crippen molar-refractivity contribution >= 4 is 32.8 Å². The highest BCUT2D eigenvalue weighted by atomic mass is 32.2. The number of guanidine groups is 1. The molecule has 0 spiro atoms. The summed E-state index contributed by atoms with van der Waals surface area (Å²) in [4.78, 5) is 8.42. The van der Waals surface area contributed by atoms with E-state index in [1.165, 1.54) is 0 Å². The van der Waals surface area contributed by atoms with E-state index in [0.717, 1.165) is 22.9 Å². The van der Waals surface area contributed by atoms with E-state index in [9.17, 15) is 8.42 Å². The molecule has 1 aromatic heterocycles. The van der Waals surface area contributed by atoms with Crippen molar-refractivity contribution < 1.29 is 8.42 Å². The van der Waals surface area contributed by atoms with E-state index in [1.54, 1.807) is 0 Å². The van der Waals surface area contributed by atoms with Gasteiger partial charge in [0.05, 0.1) is 17.5 Å². The molecule has 3 N–H and O–H groups in total. The van der Waals surface area contributed by atoms with Gasteiger partial charge in [-0.2, -0.15) is 0 Å². The Labute approximate surface area is 110 Å². The van der Waals surface area contributed by atoms with Crippen molar-refractivity contribution in [2.75, 3.05) is 11.6 Å². The van der Waals surface area contributed by atoms with Crippen LogP contribution in [0.5, 0.6) is 0 Å². The second-order valence-corrected chi connectivity index (χ2v) is 5.63. The maximum Gasteiger partial charge on any atom is 0.253 e. The van der Waals surface area contributed by atoms with E-state index >= 15 is 0 Å². The van der Waals surface area contributed by atoms with Crippen LogP contribution >= 0.6 is 0 Å². The van der Waals surface area contributed by atoms with Crippen molar-refractivity contribution in [3.63, 3.8) is 0 Å². The minimum absolute atomic E-state index is 0.209. The number of fused-ring (bicyclic) bond motifs is 1. The molecular weight excluding hydrogens is 266 g/mol. The number of rotatable bonds is 2. The highest BCUT2D eigenvalue weighted by Crippen LogP contribution is 2.16. The van der Waals surface area contributed by atoms with Crippen molar-refractivity contribution in [1.82, 2.24) is 9.97 Å². The van der Waals surface area contributed by atoms with Gasteiger partial charge in [-0.1, -0.05) is 18.2 Å². The van der Waals surface area contributed by atoms with Crippen LogP contribution in [0.1, 0.15) is 5.69 Å². The zero-order valence-electron chi connectivity index (χ0n) is 10.5. The summed E-state index contributed by atoms with van der Waals surface area (Å²) in [6.07, 6.45) is 0.952. The van der Waals surface area contributed by atoms with Gasteiger partial charge in [-0.3, -0.25) is 5.32 Å². The molecule has 19 heavy (non-hydrogen) atoms. The number of anilines is 1. The molecule has 0 aliphatic heterocycles. The molecule has 2 aromatic rings. The maximum atomic E-state index is 11.0. The highest BCUT2D eigenvalue weighted by molar-refractivity contribution is 7.89. The Hall–Kier alpha value is -2.22. The fourth-order valence-electron chi connectivity index (χ4n) is 1.61. The monoisotopic (exact) mass is 279 g/mol. The predicted molar refractivity (Wildman–Crippen MR) is 74.4 cm³/mol. The number of nitrogens with two attached hydrogens (primary N) is 1. The van der Waals surface area contributed by atoms with Crippen LogP contribution < -0.4 is 11.1 Å². The van der Waals surface area contributed by atoms with Crippen LogP contribution in [0.15, 0.2) is 28.7 Å². The molecule has 0 amide bonds. The first-order chi connectivity index (χ1) is 8.85. The summed E-state index contributed by atoms with van der Waals surface area (Å²) in [6.45, 7) is 1.83. The first-order valence-electron chi connectivity index (χ1n) is 5.41. The molecule has 7 nitrogen and oxygen atoms in total. The lowest BCUT2D eigenvalue weighted by Crippen LogP contribution is -2.25. The molecule has 8 heteroatoms. The highest BCUT2D eigenvalue weighted by Gasteiger charge is 2.06. The summed E-state index contributed by atoms with van der Waals surface area (Å²) in [5, 5.41) is 3.48. The summed E-state index contributed by atoms with van der Waals surface area (Å²) in [6, 6.07) is 7.49. The van der Waals surface area contributed by atoms with E-state index in [-0.39, 0.29) is 11.9 Å². The van der Waals surface area contributed by atoms with E-state index in [0.29, 0.717) is 0 Å². The molecule has 0 fully saturated rings. The maximum absolute atomic E-state index is 11.0. The van der Waals surface area contributed by atoms with Crippen LogP contribution in [0.2, 0.25) is 0 Å². The molecule has 2 rings (SSSR count). The third-order valence-corrected chi connectivity index (χ3v) is 2.83. The Balaban J connectivity index is 2.40. The van der Waals surface area contributed by atoms with Crippen molar-refractivity contribution in [1.29, 1.82) is 0 Å². The Morgan fingerprint density at radius 2 is 2.00 bits per heavy atom. The Kier molecular flexibility index (Phi) is 3.34. The molecule has 0 unspecified atom stereocenters. The minimum Gasteiger partial charge on any atom is -0.369 e. The third-order valence-electron chi connectivity index (χ3n) is 2.30. The second kappa shape index (κ2) is 4.81. The van der Waals surface area contributed by atoms with Crippen molar-refractivity contribution in [3.05, 3.63) is 30.0 Å². The summed E-state index contributed by atoms with van der Waals surface area (Å²) in [5.41, 5.74) is 6.97. The van der Waals surface area contributed by atoms with Crippen molar-refractivity contribution in [2.45, 2.75) is 6.92 Å². The molecule has 0 radical (unpaired) electrons. The lowest BCUT2D eigenvalue weighted by atomic mass is 10.2. The Bertz CT molecular complexity index is 755. The predicted octanol–water partition coefficient (Wildman–Crippen LogP) is 0.624. The van der Waals surface area contributed by atoms with Gasteiger partial charge >= 0.3 is 0 Å². The van der Waals surface area contributed by atoms with Crippen molar-refractivity contribution in [2.24, 2.45) is 10.1 Å². The smallest absolute Gasteiger partial charge is 0.253 e. The van der Waals surface area contributed by atoms with Crippen molar-refractivity contribution in [3.8, 4) is 0 Å². The van der Waals surface area contributed by atoms with Gasteiger partial charge in [-0.05, 0) is 13.0 Å². The first kappa shape index (κ1) is 13.2. The third kappa shape index (κ3) is 3.38. The fourth-order valence-corrected chi connectivity index (χ4v) is 2.01. The Morgan fingerprint density at radius 3 is 2.68 bits per heavy atom. The van der Waals surface area contributed by atoms with Crippen LogP contribution in [0.25, 0.3) is 10.9 Å². The molecule has 100 valence electrons. The zero-order valence-corrected chi connectivity index (χ0v) is 11.3. The number of sulfonamides is 1. The van der Waals surface area contributed by atoms with Crippen LogP contribution in [-0.2, 0) is 10.0 Å². The van der Waals surface area contributed by atoms with Crippen LogP contribution in [-0.4, -0.2) is 30.6 Å². The largest absolute Gasteiger partial charge is 0.369 e. The number of aryl methyl sites for hydroxylation is 1. The summed E-state index contributed by atoms with van der Waals surface area (Å²) < 4.78 is 25.2. The quantitative estimate of drug-likeness (QED) is 0.616. The lowest BCUT2D eigenvalue weighted by Gasteiger charge is -2.06. The van der Waals surface area contributed by atoms with Crippen LogP contribution in [0.4, 0.5) is 5.95 Å². The number of hydrogen-bond acceptors (Lipinski definition) is 4. The lowest BCUT2D eigenvalue weighted by molar-refractivity contribution is 0.603. The summed E-state index contributed by atoms with van der Waals surface area (Å²) in [7, 11) is -3.55. The second-order valence-electron chi connectivity index (χ2n) is 3.98. The zero-order chi connectivity index (χ0) is 14.0.